The highest BCUT2D eigenvalue weighted by Crippen LogP contribution is 2.40. The molecule has 0 spiro atoms. The molecule has 0 amide bonds. The monoisotopic (exact) mass is 403 g/mol. The fraction of sp³-hybridized carbons (Fsp3) is 0.100. The molecule has 27 heavy (non-hydrogen) atoms. The van der Waals surface area contributed by atoms with Crippen LogP contribution in [-0.2, 0) is 9.53 Å². The first-order valence-electron chi connectivity index (χ1n) is 8.09. The Balaban J connectivity index is 2.05. The molecule has 0 unspecified atom stereocenters. The summed E-state index contributed by atoms with van der Waals surface area (Å²) in [7, 11) is 0. The SMILES string of the molecule is CCOC(=O)C1=C(O)/C(=C/c2ccccc2Cl)SC1=Nc1ccc(F)cc1. The van der Waals surface area contributed by atoms with Crippen LogP contribution in [0, 0.1) is 5.82 Å². The molecule has 4 nitrogen and oxygen atoms in total. The summed E-state index contributed by atoms with van der Waals surface area (Å²) in [6, 6.07) is 12.7. The van der Waals surface area contributed by atoms with E-state index in [9.17, 15) is 14.3 Å². The Bertz CT molecular complexity index is 967. The number of benzene rings is 2. The maximum absolute atomic E-state index is 13.1. The summed E-state index contributed by atoms with van der Waals surface area (Å²) < 4.78 is 18.2. The van der Waals surface area contributed by atoms with Crippen LogP contribution in [0.1, 0.15) is 12.5 Å². The molecule has 0 bridgehead atoms. The number of esters is 1. The number of nitrogens with zero attached hydrogens (tertiary/aromatic N) is 1. The Kier molecular flexibility index (Phi) is 5.98. The molecule has 138 valence electrons. The van der Waals surface area contributed by atoms with E-state index in [1.54, 1.807) is 31.2 Å². The number of carbonyl (C=O) groups excluding carboxylic acids is 1. The Morgan fingerprint density at radius 1 is 1.26 bits per heavy atom. The van der Waals surface area contributed by atoms with Crippen molar-refractivity contribution in [2.75, 3.05) is 6.61 Å². The van der Waals surface area contributed by atoms with E-state index in [0.717, 1.165) is 11.8 Å². The van der Waals surface area contributed by atoms with Crippen molar-refractivity contribution in [1.82, 2.24) is 0 Å². The van der Waals surface area contributed by atoms with E-state index < -0.39 is 5.97 Å². The number of thioether (sulfide) groups is 1. The molecule has 2 aromatic rings. The van der Waals surface area contributed by atoms with Crippen LogP contribution in [0.3, 0.4) is 0 Å². The standard InChI is InChI=1S/C20H15ClFNO3S/c1-2-26-20(25)17-18(24)16(11-12-5-3-4-6-15(12)21)27-19(17)23-14-9-7-13(22)8-10-14/h3-11,24H,2H2,1H3/b16-11-,23-19?. The average molecular weight is 404 g/mol. The summed E-state index contributed by atoms with van der Waals surface area (Å²) in [5.74, 6) is -1.29. The molecule has 0 aliphatic carbocycles. The van der Waals surface area contributed by atoms with Gasteiger partial charge >= 0.3 is 5.97 Å². The van der Waals surface area contributed by atoms with Gasteiger partial charge in [-0.15, -0.1) is 0 Å². The fourth-order valence-corrected chi connectivity index (χ4v) is 3.57. The molecule has 0 saturated heterocycles. The number of ether oxygens (including phenoxy) is 1. The zero-order chi connectivity index (χ0) is 19.4. The molecule has 1 heterocycles. The minimum Gasteiger partial charge on any atom is -0.506 e. The first-order valence-corrected chi connectivity index (χ1v) is 9.28. The van der Waals surface area contributed by atoms with Gasteiger partial charge in [0.05, 0.1) is 17.2 Å². The molecule has 0 radical (unpaired) electrons. The Morgan fingerprint density at radius 3 is 2.63 bits per heavy atom. The number of aliphatic imine (C=N–C) groups is 1. The Labute approximate surface area is 165 Å². The maximum atomic E-state index is 13.1. The smallest absolute Gasteiger partial charge is 0.344 e. The van der Waals surface area contributed by atoms with Gasteiger partial charge in [-0.2, -0.15) is 0 Å². The maximum Gasteiger partial charge on any atom is 0.344 e. The number of aliphatic hydroxyl groups excluding tert-OH is 1. The van der Waals surface area contributed by atoms with Gasteiger partial charge in [0.25, 0.3) is 0 Å². The van der Waals surface area contributed by atoms with E-state index in [0.29, 0.717) is 21.2 Å². The lowest BCUT2D eigenvalue weighted by molar-refractivity contribution is -0.138. The quantitative estimate of drug-likeness (QED) is 0.668. The van der Waals surface area contributed by atoms with Crippen molar-refractivity contribution in [3.8, 4) is 0 Å². The van der Waals surface area contributed by atoms with Gasteiger partial charge in [0.2, 0.25) is 0 Å². The van der Waals surface area contributed by atoms with E-state index in [-0.39, 0.29) is 28.8 Å². The van der Waals surface area contributed by atoms with Crippen LogP contribution in [-0.4, -0.2) is 22.7 Å². The molecule has 1 N–H and O–H groups in total. The summed E-state index contributed by atoms with van der Waals surface area (Å²) in [4.78, 5) is 17.1. The number of aliphatic hydroxyl groups is 1. The molecule has 7 heteroatoms. The lowest BCUT2D eigenvalue weighted by Crippen LogP contribution is -2.12. The van der Waals surface area contributed by atoms with Gasteiger partial charge < -0.3 is 9.84 Å². The van der Waals surface area contributed by atoms with Crippen molar-refractivity contribution >= 4 is 46.1 Å². The highest BCUT2D eigenvalue weighted by atomic mass is 35.5. The molecule has 0 fully saturated rings. The van der Waals surface area contributed by atoms with Crippen molar-refractivity contribution in [2.45, 2.75) is 6.92 Å². The molecular weight excluding hydrogens is 389 g/mol. The normalized spacial score (nSPS) is 17.0. The predicted octanol–water partition coefficient (Wildman–Crippen LogP) is 5.67. The minimum atomic E-state index is -0.675. The van der Waals surface area contributed by atoms with Gasteiger partial charge in [-0.25, -0.2) is 14.2 Å². The summed E-state index contributed by atoms with van der Waals surface area (Å²) in [5, 5.41) is 11.4. The van der Waals surface area contributed by atoms with Crippen LogP contribution < -0.4 is 0 Å². The first-order chi connectivity index (χ1) is 13.0. The molecule has 0 atom stereocenters. The number of carbonyl (C=O) groups is 1. The third kappa shape index (κ3) is 4.40. The lowest BCUT2D eigenvalue weighted by atomic mass is 10.1. The lowest BCUT2D eigenvalue weighted by Gasteiger charge is -2.03. The van der Waals surface area contributed by atoms with Crippen molar-refractivity contribution < 1.29 is 19.0 Å². The molecule has 2 aromatic carbocycles. The predicted molar refractivity (Wildman–Crippen MR) is 107 cm³/mol. The van der Waals surface area contributed by atoms with Crippen molar-refractivity contribution in [2.24, 2.45) is 4.99 Å². The van der Waals surface area contributed by atoms with E-state index in [1.165, 1.54) is 24.3 Å². The Hall–Kier alpha value is -2.57. The second-order valence-corrected chi connectivity index (χ2v) is 6.91. The third-order valence-electron chi connectivity index (χ3n) is 3.62. The number of rotatable bonds is 4. The summed E-state index contributed by atoms with van der Waals surface area (Å²) >= 11 is 7.29. The topological polar surface area (TPSA) is 58.9 Å². The molecule has 0 saturated carbocycles. The van der Waals surface area contributed by atoms with Crippen molar-refractivity contribution in [3.63, 3.8) is 0 Å². The van der Waals surface area contributed by atoms with E-state index in [1.807, 2.05) is 6.07 Å². The largest absolute Gasteiger partial charge is 0.506 e. The first kappa shape index (κ1) is 19.2. The zero-order valence-corrected chi connectivity index (χ0v) is 15.9. The third-order valence-corrected chi connectivity index (χ3v) is 4.98. The van der Waals surface area contributed by atoms with Gasteiger partial charge in [0, 0.05) is 5.02 Å². The summed E-state index contributed by atoms with van der Waals surface area (Å²) in [6.45, 7) is 1.84. The van der Waals surface area contributed by atoms with Crippen LogP contribution in [0.25, 0.3) is 6.08 Å². The van der Waals surface area contributed by atoms with Crippen LogP contribution in [0.4, 0.5) is 10.1 Å². The molecular formula is C20H15ClFNO3S. The fourth-order valence-electron chi connectivity index (χ4n) is 2.36. The zero-order valence-electron chi connectivity index (χ0n) is 14.3. The number of hydrogen-bond acceptors (Lipinski definition) is 5. The van der Waals surface area contributed by atoms with Gasteiger partial charge in [-0.1, -0.05) is 41.6 Å². The van der Waals surface area contributed by atoms with E-state index in [2.05, 4.69) is 4.99 Å². The second-order valence-electron chi connectivity index (χ2n) is 5.47. The van der Waals surface area contributed by atoms with Crippen molar-refractivity contribution in [3.05, 3.63) is 81.2 Å². The van der Waals surface area contributed by atoms with Crippen LogP contribution in [0.5, 0.6) is 0 Å². The van der Waals surface area contributed by atoms with Crippen LogP contribution in [0.2, 0.25) is 5.02 Å². The average Bonchev–Trinajstić information content (AvgIpc) is 2.94. The summed E-state index contributed by atoms with van der Waals surface area (Å²) in [6.07, 6.45) is 1.68. The summed E-state index contributed by atoms with van der Waals surface area (Å²) in [5.41, 5.74) is 1.12. The van der Waals surface area contributed by atoms with Gasteiger partial charge in [-0.05, 0) is 48.9 Å². The highest BCUT2D eigenvalue weighted by molar-refractivity contribution is 8.18. The Morgan fingerprint density at radius 2 is 1.96 bits per heavy atom. The van der Waals surface area contributed by atoms with E-state index >= 15 is 0 Å². The molecule has 3 rings (SSSR count). The second kappa shape index (κ2) is 8.41. The molecule has 0 aromatic heterocycles. The molecule has 1 aliphatic heterocycles. The van der Waals surface area contributed by atoms with E-state index in [4.69, 9.17) is 16.3 Å². The number of hydrogen-bond donors (Lipinski definition) is 1. The van der Waals surface area contributed by atoms with Gasteiger partial charge in [-0.3, -0.25) is 0 Å². The van der Waals surface area contributed by atoms with Crippen molar-refractivity contribution in [1.29, 1.82) is 0 Å². The highest BCUT2D eigenvalue weighted by Gasteiger charge is 2.33. The van der Waals surface area contributed by atoms with Gasteiger partial charge in [0.15, 0.2) is 0 Å². The van der Waals surface area contributed by atoms with Crippen LogP contribution in [0.15, 0.2) is 69.8 Å². The molecule has 1 aliphatic rings. The minimum absolute atomic E-state index is 0.0236. The van der Waals surface area contributed by atoms with Crippen LogP contribution >= 0.6 is 23.4 Å². The van der Waals surface area contributed by atoms with Gasteiger partial charge in [0.1, 0.15) is 22.2 Å². The number of halogens is 2.